The lowest BCUT2D eigenvalue weighted by molar-refractivity contribution is -0.385. The van der Waals surface area contributed by atoms with Crippen molar-refractivity contribution in [2.45, 2.75) is 6.92 Å². The lowest BCUT2D eigenvalue weighted by Gasteiger charge is -2.08. The zero-order valence-electron chi connectivity index (χ0n) is 12.9. The van der Waals surface area contributed by atoms with Gasteiger partial charge in [-0.1, -0.05) is 0 Å². The van der Waals surface area contributed by atoms with Crippen LogP contribution >= 0.6 is 11.3 Å². The Balaban J connectivity index is 1.97. The maximum Gasteiger partial charge on any atom is 0.350 e. The van der Waals surface area contributed by atoms with Crippen molar-refractivity contribution < 1.29 is 24.0 Å². The largest absolute Gasteiger partial charge is 0.484 e. The van der Waals surface area contributed by atoms with E-state index in [2.05, 4.69) is 10.1 Å². The van der Waals surface area contributed by atoms with Crippen molar-refractivity contribution in [3.05, 3.63) is 50.2 Å². The first-order chi connectivity index (χ1) is 11.4. The number of benzene rings is 1. The van der Waals surface area contributed by atoms with Crippen LogP contribution in [0.2, 0.25) is 0 Å². The third-order valence-electron chi connectivity index (χ3n) is 3.04. The Kier molecular flexibility index (Phi) is 5.48. The molecule has 0 radical (unpaired) electrons. The Morgan fingerprint density at radius 2 is 2.08 bits per heavy atom. The number of hydrogen-bond donors (Lipinski definition) is 1. The van der Waals surface area contributed by atoms with Crippen molar-refractivity contribution in [3.8, 4) is 5.75 Å². The van der Waals surface area contributed by atoms with E-state index in [9.17, 15) is 19.7 Å². The number of methoxy groups -OCH3 is 1. The van der Waals surface area contributed by atoms with E-state index in [0.29, 0.717) is 17.0 Å². The third-order valence-corrected chi connectivity index (χ3v) is 3.94. The van der Waals surface area contributed by atoms with Crippen molar-refractivity contribution in [1.82, 2.24) is 0 Å². The molecule has 2 aromatic rings. The number of ether oxygens (including phenoxy) is 2. The van der Waals surface area contributed by atoms with Gasteiger partial charge in [0.05, 0.1) is 17.7 Å². The van der Waals surface area contributed by atoms with Gasteiger partial charge in [0.1, 0.15) is 10.6 Å². The standard InChI is InChI=1S/C15H14N2O6S/c1-9-7-10(3-4-12(9)17(20)21)23-8-13(18)16-11-5-6-24-14(11)15(19)22-2/h3-7H,8H2,1-2H3,(H,16,18). The second-order valence-corrected chi connectivity index (χ2v) is 5.61. The Morgan fingerprint density at radius 3 is 2.71 bits per heavy atom. The summed E-state index contributed by atoms with van der Waals surface area (Å²) in [6.45, 7) is 1.28. The van der Waals surface area contributed by atoms with E-state index in [1.165, 1.54) is 25.3 Å². The van der Waals surface area contributed by atoms with Crippen LogP contribution in [0.1, 0.15) is 15.2 Å². The second-order valence-electron chi connectivity index (χ2n) is 4.70. The summed E-state index contributed by atoms with van der Waals surface area (Å²) in [5, 5.41) is 15.0. The number of carbonyl (C=O) groups is 2. The smallest absolute Gasteiger partial charge is 0.350 e. The lowest BCUT2D eigenvalue weighted by Crippen LogP contribution is -2.21. The second kappa shape index (κ2) is 7.55. The van der Waals surface area contributed by atoms with Gasteiger partial charge < -0.3 is 14.8 Å². The van der Waals surface area contributed by atoms with E-state index in [0.717, 1.165) is 11.3 Å². The maximum absolute atomic E-state index is 11.9. The SMILES string of the molecule is COC(=O)c1sccc1NC(=O)COc1ccc([N+](=O)[O-])c(C)c1. The van der Waals surface area contributed by atoms with Gasteiger partial charge in [0.25, 0.3) is 11.6 Å². The van der Waals surface area contributed by atoms with Crippen LogP contribution < -0.4 is 10.1 Å². The lowest BCUT2D eigenvalue weighted by atomic mass is 10.2. The average Bonchev–Trinajstić information content (AvgIpc) is 3.00. The number of esters is 1. The van der Waals surface area contributed by atoms with E-state index < -0.39 is 16.8 Å². The fourth-order valence-corrected chi connectivity index (χ4v) is 2.68. The molecule has 8 nitrogen and oxygen atoms in total. The molecule has 0 aliphatic carbocycles. The molecule has 0 saturated carbocycles. The van der Waals surface area contributed by atoms with Crippen molar-refractivity contribution in [1.29, 1.82) is 0 Å². The van der Waals surface area contributed by atoms with Gasteiger partial charge in [-0.05, 0) is 30.5 Å². The van der Waals surface area contributed by atoms with E-state index in [4.69, 9.17) is 4.74 Å². The molecule has 1 aromatic heterocycles. The number of nitro groups is 1. The summed E-state index contributed by atoms with van der Waals surface area (Å²) in [7, 11) is 1.26. The molecule has 1 amide bonds. The summed E-state index contributed by atoms with van der Waals surface area (Å²) in [5.41, 5.74) is 0.761. The molecule has 0 unspecified atom stereocenters. The highest BCUT2D eigenvalue weighted by Gasteiger charge is 2.16. The first kappa shape index (κ1) is 17.4. The van der Waals surface area contributed by atoms with Crippen molar-refractivity contribution in [2.75, 3.05) is 19.0 Å². The van der Waals surface area contributed by atoms with Gasteiger partial charge in [0.2, 0.25) is 0 Å². The minimum absolute atomic E-state index is 0.0206. The molecule has 2 rings (SSSR count). The molecule has 0 aliphatic rings. The van der Waals surface area contributed by atoms with E-state index in [1.54, 1.807) is 18.4 Å². The van der Waals surface area contributed by atoms with E-state index in [-0.39, 0.29) is 17.2 Å². The van der Waals surface area contributed by atoms with E-state index >= 15 is 0 Å². The first-order valence-electron chi connectivity index (χ1n) is 6.76. The minimum Gasteiger partial charge on any atom is -0.484 e. The van der Waals surface area contributed by atoms with Crippen LogP contribution in [0.3, 0.4) is 0 Å². The highest BCUT2D eigenvalue weighted by molar-refractivity contribution is 7.12. The number of rotatable bonds is 6. The summed E-state index contributed by atoms with van der Waals surface area (Å²) >= 11 is 1.15. The number of nitrogens with zero attached hydrogens (tertiary/aromatic N) is 1. The number of nitrogens with one attached hydrogen (secondary N) is 1. The summed E-state index contributed by atoms with van der Waals surface area (Å²) in [5.74, 6) is -0.659. The maximum atomic E-state index is 11.9. The summed E-state index contributed by atoms with van der Waals surface area (Å²) in [6, 6.07) is 5.81. The van der Waals surface area contributed by atoms with Gasteiger partial charge >= 0.3 is 5.97 Å². The van der Waals surface area contributed by atoms with Crippen LogP contribution in [0.4, 0.5) is 11.4 Å². The first-order valence-corrected chi connectivity index (χ1v) is 7.64. The van der Waals surface area contributed by atoms with Crippen molar-refractivity contribution >= 4 is 34.6 Å². The van der Waals surface area contributed by atoms with Gasteiger partial charge in [-0.25, -0.2) is 4.79 Å². The highest BCUT2D eigenvalue weighted by atomic mass is 32.1. The van der Waals surface area contributed by atoms with Gasteiger partial charge in [0, 0.05) is 11.6 Å². The molecule has 9 heteroatoms. The number of thiophene rings is 1. The van der Waals surface area contributed by atoms with Crippen LogP contribution in [-0.2, 0) is 9.53 Å². The van der Waals surface area contributed by atoms with Gasteiger partial charge in [-0.15, -0.1) is 11.3 Å². The van der Waals surface area contributed by atoms with E-state index in [1.807, 2.05) is 0 Å². The van der Waals surface area contributed by atoms with Crippen LogP contribution in [-0.4, -0.2) is 30.5 Å². The van der Waals surface area contributed by atoms with Crippen LogP contribution in [0.15, 0.2) is 29.6 Å². The topological polar surface area (TPSA) is 108 Å². The van der Waals surface area contributed by atoms with Crippen molar-refractivity contribution in [2.24, 2.45) is 0 Å². The van der Waals surface area contributed by atoms with Gasteiger partial charge in [0.15, 0.2) is 6.61 Å². The normalized spacial score (nSPS) is 10.1. The van der Waals surface area contributed by atoms with Gasteiger partial charge in [-0.2, -0.15) is 0 Å². The van der Waals surface area contributed by atoms with Gasteiger partial charge in [-0.3, -0.25) is 14.9 Å². The number of anilines is 1. The zero-order valence-corrected chi connectivity index (χ0v) is 13.7. The fourth-order valence-electron chi connectivity index (χ4n) is 1.92. The molecule has 0 spiro atoms. The molecule has 0 aliphatic heterocycles. The Hall–Kier alpha value is -2.94. The molecule has 126 valence electrons. The molecule has 24 heavy (non-hydrogen) atoms. The number of nitro benzene ring substituents is 1. The number of aryl methyl sites for hydroxylation is 1. The number of amides is 1. The highest BCUT2D eigenvalue weighted by Crippen LogP contribution is 2.24. The average molecular weight is 350 g/mol. The Labute approximate surface area is 141 Å². The number of hydrogen-bond acceptors (Lipinski definition) is 7. The molecule has 1 N–H and O–H groups in total. The summed E-state index contributed by atoms with van der Waals surface area (Å²) < 4.78 is 9.94. The zero-order chi connectivity index (χ0) is 17.7. The monoisotopic (exact) mass is 350 g/mol. The van der Waals surface area contributed by atoms with Crippen LogP contribution in [0.25, 0.3) is 0 Å². The predicted molar refractivity (Wildman–Crippen MR) is 87.6 cm³/mol. The molecule has 0 atom stereocenters. The quantitative estimate of drug-likeness (QED) is 0.487. The Morgan fingerprint density at radius 1 is 1.33 bits per heavy atom. The Bertz CT molecular complexity index is 786. The predicted octanol–water partition coefficient (Wildman–Crippen LogP) is 2.77. The molecular weight excluding hydrogens is 336 g/mol. The third kappa shape index (κ3) is 4.07. The summed E-state index contributed by atoms with van der Waals surface area (Å²) in [4.78, 5) is 34.0. The molecule has 1 heterocycles. The summed E-state index contributed by atoms with van der Waals surface area (Å²) in [6.07, 6.45) is 0. The van der Waals surface area contributed by atoms with Crippen LogP contribution in [0, 0.1) is 17.0 Å². The minimum atomic E-state index is -0.535. The molecular formula is C15H14N2O6S. The number of carbonyl (C=O) groups excluding carboxylic acids is 2. The molecule has 0 bridgehead atoms. The molecule has 0 fully saturated rings. The molecule has 0 saturated heterocycles. The molecule has 1 aromatic carbocycles. The van der Waals surface area contributed by atoms with Crippen molar-refractivity contribution in [3.63, 3.8) is 0 Å². The fraction of sp³-hybridized carbons (Fsp3) is 0.200. The van der Waals surface area contributed by atoms with Crippen LogP contribution in [0.5, 0.6) is 5.75 Å².